The van der Waals surface area contributed by atoms with Crippen LogP contribution >= 0.6 is 0 Å². The maximum Gasteiger partial charge on any atom is 0.180 e. The average Bonchev–Trinajstić information content (AvgIpc) is 3.31. The molecule has 6 heteroatoms. The fourth-order valence-corrected chi connectivity index (χ4v) is 3.61. The molecule has 1 atom stereocenters. The van der Waals surface area contributed by atoms with Gasteiger partial charge in [-0.2, -0.15) is 0 Å². The number of hydrogen-bond donors (Lipinski definition) is 0. The van der Waals surface area contributed by atoms with Crippen molar-refractivity contribution in [2.45, 2.75) is 25.8 Å². The maximum absolute atomic E-state index is 13.4. The molecule has 0 aliphatic heterocycles. The molecule has 3 rings (SSSR count). The monoisotopic (exact) mass is 435 g/mol. The van der Waals surface area contributed by atoms with Crippen molar-refractivity contribution >= 4 is 11.6 Å². The summed E-state index contributed by atoms with van der Waals surface area (Å²) >= 11 is 0. The van der Waals surface area contributed by atoms with Crippen LogP contribution in [-0.4, -0.2) is 43.6 Å². The van der Waals surface area contributed by atoms with Crippen molar-refractivity contribution in [2.75, 3.05) is 27.4 Å². The van der Waals surface area contributed by atoms with Gasteiger partial charge in [-0.05, 0) is 61.0 Å². The van der Waals surface area contributed by atoms with Crippen molar-refractivity contribution in [3.05, 3.63) is 83.7 Å². The fourth-order valence-electron chi connectivity index (χ4n) is 3.61. The number of hydrogen-bond acceptors (Lipinski definition) is 5. The van der Waals surface area contributed by atoms with Gasteiger partial charge in [0.1, 0.15) is 11.5 Å². The SMILES string of the molecule is CCOCCn1cccc1C(=O)CC(C(=O)c1ccc(OC)cc1)c1ccc(OC)cc1. The van der Waals surface area contributed by atoms with Crippen LogP contribution in [0.2, 0.25) is 0 Å². The molecule has 0 amide bonds. The van der Waals surface area contributed by atoms with E-state index in [0.29, 0.717) is 42.5 Å². The number of rotatable bonds is 12. The summed E-state index contributed by atoms with van der Waals surface area (Å²) in [5.41, 5.74) is 1.88. The van der Waals surface area contributed by atoms with Gasteiger partial charge in [0, 0.05) is 31.3 Å². The number of benzene rings is 2. The third-order valence-corrected chi connectivity index (χ3v) is 5.39. The molecule has 0 spiro atoms. The summed E-state index contributed by atoms with van der Waals surface area (Å²) in [5, 5.41) is 0. The van der Waals surface area contributed by atoms with Gasteiger partial charge in [-0.1, -0.05) is 12.1 Å². The highest BCUT2D eigenvalue weighted by Crippen LogP contribution is 2.29. The minimum Gasteiger partial charge on any atom is -0.497 e. The fraction of sp³-hybridized carbons (Fsp3) is 0.308. The van der Waals surface area contributed by atoms with Gasteiger partial charge >= 0.3 is 0 Å². The Bertz CT molecular complexity index is 1020. The molecule has 3 aromatic rings. The van der Waals surface area contributed by atoms with E-state index in [1.165, 1.54) is 0 Å². The first-order valence-electron chi connectivity index (χ1n) is 10.7. The molecule has 0 saturated heterocycles. The lowest BCUT2D eigenvalue weighted by atomic mass is 9.86. The molecule has 0 bridgehead atoms. The van der Waals surface area contributed by atoms with E-state index >= 15 is 0 Å². The average molecular weight is 436 g/mol. The van der Waals surface area contributed by atoms with E-state index in [0.717, 1.165) is 5.56 Å². The largest absolute Gasteiger partial charge is 0.497 e. The third kappa shape index (κ3) is 5.65. The molecule has 32 heavy (non-hydrogen) atoms. The molecule has 1 heterocycles. The minimum absolute atomic E-state index is 0.0653. The van der Waals surface area contributed by atoms with E-state index in [1.54, 1.807) is 56.7 Å². The zero-order valence-electron chi connectivity index (χ0n) is 18.7. The number of carbonyl (C=O) groups is 2. The van der Waals surface area contributed by atoms with E-state index < -0.39 is 5.92 Å². The number of Topliss-reactive ketones (excluding diaryl/α,β-unsaturated/α-hetero) is 2. The molecule has 0 fully saturated rings. The molecule has 1 unspecified atom stereocenters. The first-order valence-corrected chi connectivity index (χ1v) is 10.7. The van der Waals surface area contributed by atoms with Gasteiger partial charge in [0.15, 0.2) is 11.6 Å². The second-order valence-electron chi connectivity index (χ2n) is 7.33. The molecule has 168 valence electrons. The number of methoxy groups -OCH3 is 2. The smallest absolute Gasteiger partial charge is 0.180 e. The third-order valence-electron chi connectivity index (χ3n) is 5.39. The molecule has 0 saturated carbocycles. The zero-order valence-corrected chi connectivity index (χ0v) is 18.7. The first-order chi connectivity index (χ1) is 15.6. The summed E-state index contributed by atoms with van der Waals surface area (Å²) in [6.07, 6.45) is 1.93. The molecule has 0 aliphatic carbocycles. The summed E-state index contributed by atoms with van der Waals surface area (Å²) in [5.74, 6) is 0.552. The number of ether oxygens (including phenoxy) is 3. The van der Waals surface area contributed by atoms with Crippen LogP contribution in [0.25, 0.3) is 0 Å². The van der Waals surface area contributed by atoms with Crippen LogP contribution in [0.15, 0.2) is 66.9 Å². The molecule has 0 aliphatic rings. The predicted molar refractivity (Wildman–Crippen MR) is 123 cm³/mol. The van der Waals surface area contributed by atoms with E-state index in [4.69, 9.17) is 14.2 Å². The summed E-state index contributed by atoms with van der Waals surface area (Å²) in [4.78, 5) is 26.7. The second-order valence-corrected chi connectivity index (χ2v) is 7.33. The van der Waals surface area contributed by atoms with Gasteiger partial charge in [0.05, 0.1) is 32.4 Å². The van der Waals surface area contributed by atoms with Crippen LogP contribution in [-0.2, 0) is 11.3 Å². The van der Waals surface area contributed by atoms with Crippen LogP contribution in [0, 0.1) is 0 Å². The van der Waals surface area contributed by atoms with Crippen LogP contribution in [0.5, 0.6) is 11.5 Å². The van der Waals surface area contributed by atoms with Gasteiger partial charge in [-0.15, -0.1) is 0 Å². The minimum atomic E-state index is -0.614. The van der Waals surface area contributed by atoms with Gasteiger partial charge in [-0.3, -0.25) is 9.59 Å². The lowest BCUT2D eigenvalue weighted by molar-refractivity contribution is 0.0886. The van der Waals surface area contributed by atoms with Crippen molar-refractivity contribution in [3.63, 3.8) is 0 Å². The Morgan fingerprint density at radius 3 is 2.12 bits per heavy atom. The first kappa shape index (κ1) is 23.3. The van der Waals surface area contributed by atoms with Crippen LogP contribution < -0.4 is 9.47 Å². The van der Waals surface area contributed by atoms with Gasteiger partial charge in [-0.25, -0.2) is 0 Å². The Morgan fingerprint density at radius 2 is 1.53 bits per heavy atom. The highest BCUT2D eigenvalue weighted by atomic mass is 16.5. The summed E-state index contributed by atoms with van der Waals surface area (Å²) in [6, 6.07) is 17.9. The van der Waals surface area contributed by atoms with E-state index in [9.17, 15) is 9.59 Å². The number of ketones is 2. The van der Waals surface area contributed by atoms with Crippen molar-refractivity contribution < 1.29 is 23.8 Å². The van der Waals surface area contributed by atoms with E-state index in [1.807, 2.05) is 35.9 Å². The van der Waals surface area contributed by atoms with Crippen molar-refractivity contribution in [1.82, 2.24) is 4.57 Å². The Labute approximate surface area is 188 Å². The number of nitrogens with zero attached hydrogens (tertiary/aromatic N) is 1. The van der Waals surface area contributed by atoms with Crippen molar-refractivity contribution in [3.8, 4) is 11.5 Å². The zero-order chi connectivity index (χ0) is 22.9. The van der Waals surface area contributed by atoms with E-state index in [-0.39, 0.29) is 18.0 Å². The quantitative estimate of drug-likeness (QED) is 0.303. The van der Waals surface area contributed by atoms with Gasteiger partial charge < -0.3 is 18.8 Å². The molecule has 1 aromatic heterocycles. The van der Waals surface area contributed by atoms with Crippen LogP contribution in [0.4, 0.5) is 0 Å². The Hall–Kier alpha value is -3.38. The molecule has 0 N–H and O–H groups in total. The topological polar surface area (TPSA) is 66.8 Å². The van der Waals surface area contributed by atoms with Gasteiger partial charge in [0.25, 0.3) is 0 Å². The van der Waals surface area contributed by atoms with Gasteiger partial charge in [0.2, 0.25) is 0 Å². The lowest BCUT2D eigenvalue weighted by Gasteiger charge is -2.17. The highest BCUT2D eigenvalue weighted by molar-refractivity contribution is 6.05. The number of aromatic nitrogens is 1. The molecule has 0 radical (unpaired) electrons. The highest BCUT2D eigenvalue weighted by Gasteiger charge is 2.26. The summed E-state index contributed by atoms with van der Waals surface area (Å²) in [7, 11) is 3.17. The van der Waals surface area contributed by atoms with Crippen LogP contribution in [0.1, 0.15) is 45.7 Å². The summed E-state index contributed by atoms with van der Waals surface area (Å²) < 4.78 is 17.7. The Balaban J connectivity index is 1.87. The summed E-state index contributed by atoms with van der Waals surface area (Å²) in [6.45, 7) is 3.67. The number of carbonyl (C=O) groups excluding carboxylic acids is 2. The predicted octanol–water partition coefficient (Wildman–Crippen LogP) is 4.78. The van der Waals surface area contributed by atoms with E-state index in [2.05, 4.69) is 0 Å². The van der Waals surface area contributed by atoms with Crippen molar-refractivity contribution in [2.24, 2.45) is 0 Å². The lowest BCUT2D eigenvalue weighted by Crippen LogP contribution is -2.19. The Morgan fingerprint density at radius 1 is 0.906 bits per heavy atom. The van der Waals surface area contributed by atoms with Crippen molar-refractivity contribution in [1.29, 1.82) is 0 Å². The van der Waals surface area contributed by atoms with Crippen LogP contribution in [0.3, 0.4) is 0 Å². The normalized spacial score (nSPS) is 11.7. The molecular weight excluding hydrogens is 406 g/mol. The standard InChI is InChI=1S/C26H29NO5/c1-4-32-17-16-27-15-5-6-24(27)25(28)18-23(19-7-11-21(30-2)12-8-19)26(29)20-9-13-22(31-3)14-10-20/h5-15,23H,4,16-18H2,1-3H3. The second kappa shape index (κ2) is 11.3. The molecule has 6 nitrogen and oxygen atoms in total. The molecule has 2 aromatic carbocycles. The Kier molecular flexibility index (Phi) is 8.22. The maximum atomic E-state index is 13.4. The molecular formula is C26H29NO5.